The van der Waals surface area contributed by atoms with E-state index >= 15 is 0 Å². The molecule has 40 heavy (non-hydrogen) atoms. The highest BCUT2D eigenvalue weighted by molar-refractivity contribution is 5.83. The summed E-state index contributed by atoms with van der Waals surface area (Å²) in [5, 5.41) is 10.3. The number of aromatic nitrogens is 2. The predicted molar refractivity (Wildman–Crippen MR) is 147 cm³/mol. The van der Waals surface area contributed by atoms with Crippen molar-refractivity contribution in [2.45, 2.75) is 44.2 Å². The molecule has 0 aliphatic carbocycles. The van der Waals surface area contributed by atoms with Crippen LogP contribution in [0.5, 0.6) is 0 Å². The standard InChI is InChI=1S/C25H25F3N4O2.C4H9NO/c26-25(27,28)17-32-23(2-1-9-29-21-4-5-22(16-33)31-15-21)13-19-12-18(3-6-24(19)32)14-30-20-7-10-34-11-8-20;1-5-4-2-6-3-4/h3-6,12-13,15-16,20,29-30H,7-11,14,17H2;4-5H,2-3H2,1H3. The molecule has 11 heteroatoms. The quantitative estimate of drug-likeness (QED) is 0.287. The lowest BCUT2D eigenvalue weighted by Crippen LogP contribution is -2.43. The van der Waals surface area contributed by atoms with Crippen LogP contribution in [0.15, 0.2) is 42.6 Å². The molecule has 2 aliphatic heterocycles. The van der Waals surface area contributed by atoms with Crippen LogP contribution in [0.4, 0.5) is 18.9 Å². The van der Waals surface area contributed by atoms with Crippen LogP contribution in [0.3, 0.4) is 0 Å². The molecule has 0 radical (unpaired) electrons. The number of ether oxygens (including phenoxy) is 2. The van der Waals surface area contributed by atoms with Crippen LogP contribution < -0.4 is 16.0 Å². The van der Waals surface area contributed by atoms with Gasteiger partial charge in [0.25, 0.3) is 0 Å². The SMILES string of the molecule is CNC1COC1.O=Cc1ccc(NCC#Cc2cc3cc(CNC4CCOCC4)ccc3n2CC(F)(F)F)cn1. The smallest absolute Gasteiger partial charge is 0.381 e. The molecule has 1 aromatic carbocycles. The molecule has 0 amide bonds. The predicted octanol–water partition coefficient (Wildman–Crippen LogP) is 3.75. The van der Waals surface area contributed by atoms with E-state index in [1.165, 1.54) is 10.8 Å². The summed E-state index contributed by atoms with van der Waals surface area (Å²) in [6.07, 6.45) is -0.308. The fourth-order valence-corrected chi connectivity index (χ4v) is 4.31. The molecular weight excluding hydrogens is 523 g/mol. The molecule has 3 aromatic rings. The number of halogens is 3. The van der Waals surface area contributed by atoms with Crippen LogP contribution >= 0.6 is 0 Å². The zero-order chi connectivity index (χ0) is 28.4. The molecule has 0 bridgehead atoms. The van der Waals surface area contributed by atoms with Gasteiger partial charge in [-0.1, -0.05) is 12.0 Å². The van der Waals surface area contributed by atoms with E-state index in [-0.39, 0.29) is 6.54 Å². The second kappa shape index (κ2) is 14.3. The second-order valence-electron chi connectivity index (χ2n) is 9.66. The van der Waals surface area contributed by atoms with E-state index in [1.54, 1.807) is 24.3 Å². The van der Waals surface area contributed by atoms with Gasteiger partial charge in [-0.25, -0.2) is 0 Å². The number of aldehydes is 1. The Bertz CT molecular complexity index is 1300. The number of carbonyl (C=O) groups excluding carboxylic acids is 1. The molecule has 0 atom stereocenters. The number of fused-ring (bicyclic) bond motifs is 1. The van der Waals surface area contributed by atoms with Gasteiger partial charge in [-0.15, -0.1) is 0 Å². The third kappa shape index (κ3) is 8.79. The summed E-state index contributed by atoms with van der Waals surface area (Å²) in [6, 6.07) is 11.5. The Kier molecular flexibility index (Phi) is 10.5. The molecule has 0 unspecified atom stereocenters. The van der Waals surface area contributed by atoms with Crippen molar-refractivity contribution >= 4 is 22.9 Å². The largest absolute Gasteiger partial charge is 0.406 e. The van der Waals surface area contributed by atoms with E-state index < -0.39 is 12.7 Å². The first kappa shape index (κ1) is 29.6. The third-order valence-electron chi connectivity index (χ3n) is 6.67. The van der Waals surface area contributed by atoms with Gasteiger partial charge in [0, 0.05) is 36.7 Å². The minimum atomic E-state index is -4.37. The molecule has 214 valence electrons. The number of likely N-dealkylation sites (N-methyl/N-ethyl adjacent to an activating group) is 1. The first-order valence-electron chi connectivity index (χ1n) is 13.2. The summed E-state index contributed by atoms with van der Waals surface area (Å²) in [7, 11) is 1.95. The van der Waals surface area contributed by atoms with Crippen molar-refractivity contribution in [2.75, 3.05) is 45.3 Å². The van der Waals surface area contributed by atoms with Gasteiger partial charge in [0.2, 0.25) is 0 Å². The van der Waals surface area contributed by atoms with Crippen LogP contribution in [0, 0.1) is 11.8 Å². The average Bonchev–Trinajstić information content (AvgIpc) is 3.25. The number of nitrogens with one attached hydrogen (secondary N) is 3. The molecule has 0 spiro atoms. The minimum Gasteiger partial charge on any atom is -0.381 e. The number of nitrogens with zero attached hydrogens (tertiary/aromatic N) is 2. The Morgan fingerprint density at radius 1 is 1.10 bits per heavy atom. The molecule has 2 aliphatic rings. The lowest BCUT2D eigenvalue weighted by atomic mass is 10.1. The zero-order valence-corrected chi connectivity index (χ0v) is 22.4. The number of rotatable bonds is 8. The normalized spacial score (nSPS) is 15.9. The lowest BCUT2D eigenvalue weighted by molar-refractivity contribution is -0.140. The van der Waals surface area contributed by atoms with Crippen molar-refractivity contribution < 1.29 is 27.4 Å². The van der Waals surface area contributed by atoms with Gasteiger partial charge in [-0.3, -0.25) is 9.78 Å². The maximum absolute atomic E-state index is 13.3. The molecule has 3 N–H and O–H groups in total. The van der Waals surface area contributed by atoms with Gasteiger partial charge in [-0.05, 0) is 61.7 Å². The van der Waals surface area contributed by atoms with Gasteiger partial charge >= 0.3 is 6.18 Å². The van der Waals surface area contributed by atoms with Crippen molar-refractivity contribution in [3.05, 3.63) is 59.5 Å². The van der Waals surface area contributed by atoms with Crippen molar-refractivity contribution in [3.63, 3.8) is 0 Å². The molecule has 2 aromatic heterocycles. The Morgan fingerprint density at radius 3 is 2.50 bits per heavy atom. The summed E-state index contributed by atoms with van der Waals surface area (Å²) in [6.45, 7) is 3.05. The maximum Gasteiger partial charge on any atom is 0.406 e. The zero-order valence-electron chi connectivity index (χ0n) is 22.4. The van der Waals surface area contributed by atoms with E-state index in [9.17, 15) is 18.0 Å². The van der Waals surface area contributed by atoms with Gasteiger partial charge in [0.1, 0.15) is 12.2 Å². The van der Waals surface area contributed by atoms with Crippen molar-refractivity contribution in [2.24, 2.45) is 0 Å². The van der Waals surface area contributed by atoms with Gasteiger partial charge in [0.15, 0.2) is 6.29 Å². The van der Waals surface area contributed by atoms with Crippen LogP contribution in [0.2, 0.25) is 0 Å². The highest BCUT2D eigenvalue weighted by atomic mass is 19.4. The molecule has 4 heterocycles. The molecule has 2 fully saturated rings. The van der Waals surface area contributed by atoms with Crippen LogP contribution in [0.25, 0.3) is 10.9 Å². The monoisotopic (exact) mass is 557 g/mol. The summed E-state index contributed by atoms with van der Waals surface area (Å²) in [5.74, 6) is 5.74. The number of anilines is 1. The summed E-state index contributed by atoms with van der Waals surface area (Å²) in [4.78, 5) is 14.6. The van der Waals surface area contributed by atoms with E-state index in [0.717, 1.165) is 50.2 Å². The van der Waals surface area contributed by atoms with Crippen LogP contribution in [-0.4, -0.2) is 74.1 Å². The summed E-state index contributed by atoms with van der Waals surface area (Å²) >= 11 is 0. The van der Waals surface area contributed by atoms with Crippen molar-refractivity contribution in [3.8, 4) is 11.8 Å². The molecular formula is C29H34F3N5O3. The lowest BCUT2D eigenvalue weighted by Gasteiger charge is -2.24. The number of pyridine rings is 1. The summed E-state index contributed by atoms with van der Waals surface area (Å²) < 4.78 is 51.3. The topological polar surface area (TPSA) is 89.4 Å². The summed E-state index contributed by atoms with van der Waals surface area (Å²) in [5.41, 5.74) is 2.79. The number of carbonyl (C=O) groups is 1. The van der Waals surface area contributed by atoms with Crippen LogP contribution in [-0.2, 0) is 22.6 Å². The van der Waals surface area contributed by atoms with Crippen molar-refractivity contribution in [1.82, 2.24) is 20.2 Å². The Balaban J connectivity index is 0.000000546. The number of hydrogen-bond donors (Lipinski definition) is 3. The highest BCUT2D eigenvalue weighted by Crippen LogP contribution is 2.26. The molecule has 5 rings (SSSR count). The maximum atomic E-state index is 13.3. The first-order valence-corrected chi connectivity index (χ1v) is 13.2. The number of hydrogen-bond acceptors (Lipinski definition) is 7. The van der Waals surface area contributed by atoms with Gasteiger partial charge < -0.3 is 30.0 Å². The number of benzene rings is 1. The Morgan fingerprint density at radius 2 is 1.90 bits per heavy atom. The third-order valence-corrected chi connectivity index (χ3v) is 6.67. The van der Waals surface area contributed by atoms with Gasteiger partial charge in [-0.2, -0.15) is 13.2 Å². The van der Waals surface area contributed by atoms with E-state index in [0.29, 0.717) is 47.5 Å². The molecule has 0 saturated carbocycles. The molecule has 8 nitrogen and oxygen atoms in total. The fourth-order valence-electron chi connectivity index (χ4n) is 4.31. The Labute approximate surface area is 231 Å². The Hall–Kier alpha value is -3.43. The minimum absolute atomic E-state index is 0.218. The fraction of sp³-hybridized carbons (Fsp3) is 0.448. The first-order chi connectivity index (χ1) is 19.3. The number of alkyl halides is 3. The van der Waals surface area contributed by atoms with Crippen LogP contribution in [0.1, 0.15) is 34.6 Å². The van der Waals surface area contributed by atoms with E-state index in [1.807, 2.05) is 19.2 Å². The average molecular weight is 558 g/mol. The van der Waals surface area contributed by atoms with E-state index in [2.05, 4.69) is 32.8 Å². The van der Waals surface area contributed by atoms with Crippen molar-refractivity contribution in [1.29, 1.82) is 0 Å². The highest BCUT2D eigenvalue weighted by Gasteiger charge is 2.29. The molecule has 2 saturated heterocycles. The van der Waals surface area contributed by atoms with E-state index in [4.69, 9.17) is 9.47 Å². The van der Waals surface area contributed by atoms with Gasteiger partial charge in [0.05, 0.1) is 43.4 Å². The second-order valence-corrected chi connectivity index (χ2v) is 9.66.